The Morgan fingerprint density at radius 2 is 1.72 bits per heavy atom. The molecule has 2 atom stereocenters. The van der Waals surface area contributed by atoms with Crippen molar-refractivity contribution >= 4 is 17.7 Å². The summed E-state index contributed by atoms with van der Waals surface area (Å²) in [6, 6.07) is 7.98. The standard InChI is InChI=1S/C20H26N2O3/c1-14-7-3-4-8-15(14)13-21(2)18(23)11-12-22-19(24)16-9-5-6-10-17(16)20(22)25/h3-4,7-8,16-17H,5-6,9-13H2,1-2H3. The van der Waals surface area contributed by atoms with Crippen molar-refractivity contribution in [3.05, 3.63) is 35.4 Å². The second-order valence-electron chi connectivity index (χ2n) is 7.25. The third kappa shape index (κ3) is 3.60. The van der Waals surface area contributed by atoms with Gasteiger partial charge in [-0.25, -0.2) is 0 Å². The van der Waals surface area contributed by atoms with Crippen LogP contribution in [0.25, 0.3) is 0 Å². The summed E-state index contributed by atoms with van der Waals surface area (Å²) in [4.78, 5) is 40.3. The smallest absolute Gasteiger partial charge is 0.233 e. The summed E-state index contributed by atoms with van der Waals surface area (Å²) in [6.45, 7) is 2.78. The first-order chi connectivity index (χ1) is 12.0. The molecule has 1 aromatic carbocycles. The van der Waals surface area contributed by atoms with Crippen molar-refractivity contribution < 1.29 is 14.4 Å². The van der Waals surface area contributed by atoms with Gasteiger partial charge in [0.2, 0.25) is 17.7 Å². The molecule has 5 heteroatoms. The average molecular weight is 342 g/mol. The van der Waals surface area contributed by atoms with Crippen molar-refractivity contribution in [2.75, 3.05) is 13.6 Å². The lowest BCUT2D eigenvalue weighted by molar-refractivity contribution is -0.140. The number of imide groups is 1. The van der Waals surface area contributed by atoms with Crippen molar-refractivity contribution in [3.63, 3.8) is 0 Å². The van der Waals surface area contributed by atoms with Gasteiger partial charge in [-0.15, -0.1) is 0 Å². The molecule has 1 saturated carbocycles. The van der Waals surface area contributed by atoms with Crippen molar-refractivity contribution in [1.29, 1.82) is 0 Å². The van der Waals surface area contributed by atoms with Crippen LogP contribution in [0.15, 0.2) is 24.3 Å². The van der Waals surface area contributed by atoms with Crippen LogP contribution in [0.4, 0.5) is 0 Å². The zero-order valence-corrected chi connectivity index (χ0v) is 15.0. The maximum absolute atomic E-state index is 12.4. The highest BCUT2D eigenvalue weighted by Crippen LogP contribution is 2.37. The second kappa shape index (κ2) is 7.38. The Balaban J connectivity index is 1.56. The molecule has 1 aromatic rings. The number of hydrogen-bond donors (Lipinski definition) is 0. The van der Waals surface area contributed by atoms with Gasteiger partial charge in [-0.3, -0.25) is 19.3 Å². The lowest BCUT2D eigenvalue weighted by Crippen LogP contribution is -2.36. The molecule has 1 saturated heterocycles. The minimum atomic E-state index is -0.138. The number of benzene rings is 1. The van der Waals surface area contributed by atoms with Crippen LogP contribution in [0.3, 0.4) is 0 Å². The highest BCUT2D eigenvalue weighted by Gasteiger charge is 2.47. The van der Waals surface area contributed by atoms with Crippen molar-refractivity contribution in [1.82, 2.24) is 9.80 Å². The summed E-state index contributed by atoms with van der Waals surface area (Å²) in [5.41, 5.74) is 2.26. The summed E-state index contributed by atoms with van der Waals surface area (Å²) in [6.07, 6.45) is 3.86. The van der Waals surface area contributed by atoms with Crippen LogP contribution in [0.2, 0.25) is 0 Å². The van der Waals surface area contributed by atoms with E-state index in [4.69, 9.17) is 0 Å². The van der Waals surface area contributed by atoms with E-state index in [2.05, 4.69) is 0 Å². The number of rotatable bonds is 5. The molecule has 3 amide bonds. The van der Waals surface area contributed by atoms with Gasteiger partial charge in [0.25, 0.3) is 0 Å². The summed E-state index contributed by atoms with van der Waals surface area (Å²) < 4.78 is 0. The van der Waals surface area contributed by atoms with Gasteiger partial charge in [0, 0.05) is 26.6 Å². The van der Waals surface area contributed by atoms with E-state index in [1.54, 1.807) is 11.9 Å². The normalized spacial score (nSPS) is 22.9. The Labute approximate surface area is 149 Å². The van der Waals surface area contributed by atoms with Gasteiger partial charge in [0.15, 0.2) is 0 Å². The van der Waals surface area contributed by atoms with Crippen LogP contribution < -0.4 is 0 Å². The molecule has 0 spiro atoms. The van der Waals surface area contributed by atoms with Gasteiger partial charge in [-0.05, 0) is 30.9 Å². The molecule has 1 heterocycles. The summed E-state index contributed by atoms with van der Waals surface area (Å²) in [7, 11) is 1.77. The van der Waals surface area contributed by atoms with E-state index in [1.165, 1.54) is 4.90 Å². The van der Waals surface area contributed by atoms with Crippen molar-refractivity contribution in [3.8, 4) is 0 Å². The van der Waals surface area contributed by atoms with Crippen molar-refractivity contribution in [2.45, 2.75) is 45.6 Å². The monoisotopic (exact) mass is 342 g/mol. The maximum atomic E-state index is 12.4. The topological polar surface area (TPSA) is 57.7 Å². The number of carbonyl (C=O) groups excluding carboxylic acids is 3. The molecule has 1 aliphatic carbocycles. The minimum Gasteiger partial charge on any atom is -0.341 e. The summed E-state index contributed by atoms with van der Waals surface area (Å²) >= 11 is 0. The molecule has 2 fully saturated rings. The van der Waals surface area contributed by atoms with Crippen LogP contribution in [0.1, 0.15) is 43.2 Å². The number of hydrogen-bond acceptors (Lipinski definition) is 3. The molecule has 2 aliphatic rings. The van der Waals surface area contributed by atoms with E-state index in [1.807, 2.05) is 31.2 Å². The van der Waals surface area contributed by atoms with E-state index >= 15 is 0 Å². The van der Waals surface area contributed by atoms with Gasteiger partial charge >= 0.3 is 0 Å². The largest absolute Gasteiger partial charge is 0.341 e. The number of aryl methyl sites for hydroxylation is 1. The fourth-order valence-corrected chi connectivity index (χ4v) is 3.98. The average Bonchev–Trinajstić information content (AvgIpc) is 2.86. The van der Waals surface area contributed by atoms with E-state index in [-0.39, 0.29) is 42.5 Å². The fraction of sp³-hybridized carbons (Fsp3) is 0.550. The molecule has 0 radical (unpaired) electrons. The SMILES string of the molecule is Cc1ccccc1CN(C)C(=O)CCN1C(=O)C2CCCCC2C1=O. The van der Waals surface area contributed by atoms with Crippen molar-refractivity contribution in [2.24, 2.45) is 11.8 Å². The van der Waals surface area contributed by atoms with E-state index in [0.29, 0.717) is 6.54 Å². The van der Waals surface area contributed by atoms with E-state index in [0.717, 1.165) is 36.8 Å². The van der Waals surface area contributed by atoms with Crippen LogP contribution in [0, 0.1) is 18.8 Å². The lowest BCUT2D eigenvalue weighted by atomic mass is 9.81. The predicted molar refractivity (Wildman–Crippen MR) is 94.4 cm³/mol. The Kier molecular flexibility index (Phi) is 5.21. The molecule has 0 N–H and O–H groups in total. The van der Waals surface area contributed by atoms with Gasteiger partial charge in [0.05, 0.1) is 11.8 Å². The molecular weight excluding hydrogens is 316 g/mol. The summed E-state index contributed by atoms with van der Waals surface area (Å²) in [5.74, 6) is -0.450. The number of carbonyl (C=O) groups is 3. The molecular formula is C20H26N2O3. The second-order valence-corrected chi connectivity index (χ2v) is 7.25. The fourth-order valence-electron chi connectivity index (χ4n) is 3.98. The first-order valence-electron chi connectivity index (χ1n) is 9.12. The van der Waals surface area contributed by atoms with Gasteiger partial charge in [0.1, 0.15) is 0 Å². The van der Waals surface area contributed by atoms with E-state index in [9.17, 15) is 14.4 Å². The molecule has 1 aliphatic heterocycles. The Hall–Kier alpha value is -2.17. The third-order valence-corrected chi connectivity index (χ3v) is 5.58. The zero-order chi connectivity index (χ0) is 18.0. The van der Waals surface area contributed by atoms with Crippen LogP contribution in [0.5, 0.6) is 0 Å². The Morgan fingerprint density at radius 1 is 1.12 bits per heavy atom. The number of nitrogens with zero attached hydrogens (tertiary/aromatic N) is 2. The first-order valence-corrected chi connectivity index (χ1v) is 9.12. The number of fused-ring (bicyclic) bond motifs is 1. The predicted octanol–water partition coefficient (Wildman–Crippen LogP) is 2.52. The molecule has 5 nitrogen and oxygen atoms in total. The minimum absolute atomic E-state index is 0.0428. The van der Waals surface area contributed by atoms with Gasteiger partial charge in [-0.2, -0.15) is 0 Å². The van der Waals surface area contributed by atoms with Crippen LogP contribution in [-0.2, 0) is 20.9 Å². The van der Waals surface area contributed by atoms with Crippen LogP contribution in [-0.4, -0.2) is 41.1 Å². The number of likely N-dealkylation sites (tertiary alicyclic amines) is 1. The van der Waals surface area contributed by atoms with Gasteiger partial charge < -0.3 is 4.90 Å². The van der Waals surface area contributed by atoms with E-state index < -0.39 is 0 Å². The first kappa shape index (κ1) is 17.6. The molecule has 2 unspecified atom stereocenters. The third-order valence-electron chi connectivity index (χ3n) is 5.58. The summed E-state index contributed by atoms with van der Waals surface area (Å²) in [5, 5.41) is 0. The lowest BCUT2D eigenvalue weighted by Gasteiger charge is -2.20. The van der Waals surface area contributed by atoms with Gasteiger partial charge in [-0.1, -0.05) is 37.1 Å². The zero-order valence-electron chi connectivity index (χ0n) is 15.0. The molecule has 25 heavy (non-hydrogen) atoms. The Bertz CT molecular complexity index is 661. The molecule has 134 valence electrons. The number of amides is 3. The Morgan fingerprint density at radius 3 is 2.32 bits per heavy atom. The quantitative estimate of drug-likeness (QED) is 0.773. The highest BCUT2D eigenvalue weighted by atomic mass is 16.2. The maximum Gasteiger partial charge on any atom is 0.233 e. The van der Waals surface area contributed by atoms with Crippen LogP contribution >= 0.6 is 0 Å². The highest BCUT2D eigenvalue weighted by molar-refractivity contribution is 6.05. The molecule has 0 aromatic heterocycles. The molecule has 3 rings (SSSR count). The molecule has 0 bridgehead atoms.